The van der Waals surface area contributed by atoms with Crippen LogP contribution in [0.25, 0.3) is 0 Å². The van der Waals surface area contributed by atoms with Gasteiger partial charge < -0.3 is 15.0 Å². The Morgan fingerprint density at radius 2 is 1.73 bits per heavy atom. The van der Waals surface area contributed by atoms with Gasteiger partial charge in [-0.1, -0.05) is 51.1 Å². The van der Waals surface area contributed by atoms with E-state index >= 15 is 0 Å². The Bertz CT molecular complexity index is 837. The molecular weight excluding hydrogens is 383 g/mol. The van der Waals surface area contributed by atoms with E-state index in [9.17, 15) is 14.0 Å². The third kappa shape index (κ3) is 6.58. The average Bonchev–Trinajstić information content (AvgIpc) is 2.75. The fourth-order valence-electron chi connectivity index (χ4n) is 2.97. The van der Waals surface area contributed by atoms with E-state index < -0.39 is 11.9 Å². The first-order valence-corrected chi connectivity index (χ1v) is 10.4. The molecule has 0 heterocycles. The van der Waals surface area contributed by atoms with Gasteiger partial charge in [-0.25, -0.2) is 4.39 Å². The minimum atomic E-state index is -0.754. The topological polar surface area (TPSA) is 58.6 Å². The summed E-state index contributed by atoms with van der Waals surface area (Å²) in [6, 6.07) is 13.1. The van der Waals surface area contributed by atoms with Crippen molar-refractivity contribution in [3.63, 3.8) is 0 Å². The Morgan fingerprint density at radius 1 is 1.07 bits per heavy atom. The Labute approximate surface area is 178 Å². The molecule has 0 spiro atoms. The molecule has 0 fully saturated rings. The van der Waals surface area contributed by atoms with Crippen molar-refractivity contribution in [3.8, 4) is 5.75 Å². The molecule has 2 rings (SSSR count). The summed E-state index contributed by atoms with van der Waals surface area (Å²) in [7, 11) is 0. The van der Waals surface area contributed by atoms with Crippen LogP contribution in [-0.2, 0) is 16.1 Å². The standard InChI is InChI=1S/C24H31FN2O3/c1-5-14-26-24(29)18(4)27(15-20-8-6-7-9-22(20)25)23(28)16-30-21-12-10-19(11-13-21)17(2)3/h6-13,17-18H,5,14-16H2,1-4H3,(H,26,29). The molecule has 0 aliphatic carbocycles. The van der Waals surface area contributed by atoms with Gasteiger partial charge in [0.1, 0.15) is 17.6 Å². The molecule has 1 unspecified atom stereocenters. The summed E-state index contributed by atoms with van der Waals surface area (Å²) in [4.78, 5) is 26.7. The highest BCUT2D eigenvalue weighted by Gasteiger charge is 2.27. The van der Waals surface area contributed by atoms with E-state index in [4.69, 9.17) is 4.74 Å². The first kappa shape index (κ1) is 23.4. The van der Waals surface area contributed by atoms with Crippen LogP contribution in [0.3, 0.4) is 0 Å². The third-order valence-electron chi connectivity index (χ3n) is 4.92. The number of ether oxygens (including phenoxy) is 1. The lowest BCUT2D eigenvalue weighted by atomic mass is 10.0. The van der Waals surface area contributed by atoms with Gasteiger partial charge in [-0.15, -0.1) is 0 Å². The van der Waals surface area contributed by atoms with E-state index in [1.807, 2.05) is 31.2 Å². The van der Waals surface area contributed by atoms with E-state index in [0.29, 0.717) is 23.8 Å². The number of rotatable bonds is 10. The molecule has 2 amide bonds. The van der Waals surface area contributed by atoms with Crippen LogP contribution < -0.4 is 10.1 Å². The first-order chi connectivity index (χ1) is 14.3. The maximum atomic E-state index is 14.2. The lowest BCUT2D eigenvalue weighted by molar-refractivity contribution is -0.142. The van der Waals surface area contributed by atoms with E-state index in [1.54, 1.807) is 25.1 Å². The lowest BCUT2D eigenvalue weighted by Crippen LogP contribution is -2.49. The van der Waals surface area contributed by atoms with Gasteiger partial charge in [-0.2, -0.15) is 0 Å². The summed E-state index contributed by atoms with van der Waals surface area (Å²) in [5.41, 5.74) is 1.53. The number of halogens is 1. The molecule has 162 valence electrons. The van der Waals surface area contributed by atoms with E-state index in [2.05, 4.69) is 19.2 Å². The molecule has 1 N–H and O–H groups in total. The Kier molecular flexibility index (Phi) is 8.84. The second-order valence-corrected chi connectivity index (χ2v) is 7.59. The second kappa shape index (κ2) is 11.3. The molecule has 0 aromatic heterocycles. The zero-order valence-corrected chi connectivity index (χ0v) is 18.2. The number of benzene rings is 2. The molecule has 2 aromatic rings. The van der Waals surface area contributed by atoms with Gasteiger partial charge in [0.15, 0.2) is 6.61 Å². The van der Waals surface area contributed by atoms with Crippen LogP contribution in [0.5, 0.6) is 5.75 Å². The van der Waals surface area contributed by atoms with Crippen molar-refractivity contribution in [2.75, 3.05) is 13.2 Å². The molecule has 0 bridgehead atoms. The van der Waals surface area contributed by atoms with Gasteiger partial charge in [-0.3, -0.25) is 9.59 Å². The maximum Gasteiger partial charge on any atom is 0.261 e. The predicted molar refractivity (Wildman–Crippen MR) is 116 cm³/mol. The quantitative estimate of drug-likeness (QED) is 0.632. The number of nitrogens with zero attached hydrogens (tertiary/aromatic N) is 1. The molecular formula is C24H31FN2O3. The zero-order valence-electron chi connectivity index (χ0n) is 18.2. The SMILES string of the molecule is CCCNC(=O)C(C)N(Cc1ccccc1F)C(=O)COc1ccc(C(C)C)cc1. The van der Waals surface area contributed by atoms with Gasteiger partial charge in [-0.05, 0) is 43.0 Å². The highest BCUT2D eigenvalue weighted by Crippen LogP contribution is 2.19. The smallest absolute Gasteiger partial charge is 0.261 e. The number of hydrogen-bond donors (Lipinski definition) is 1. The normalized spacial score (nSPS) is 11.8. The van der Waals surface area contributed by atoms with Crippen molar-refractivity contribution in [3.05, 3.63) is 65.5 Å². The molecule has 30 heavy (non-hydrogen) atoms. The third-order valence-corrected chi connectivity index (χ3v) is 4.92. The predicted octanol–water partition coefficient (Wildman–Crippen LogP) is 4.27. The van der Waals surface area contributed by atoms with Crippen LogP contribution in [0.15, 0.2) is 48.5 Å². The summed E-state index contributed by atoms with van der Waals surface area (Å²) in [6.07, 6.45) is 0.787. The van der Waals surface area contributed by atoms with Crippen molar-refractivity contribution in [1.29, 1.82) is 0 Å². The van der Waals surface area contributed by atoms with Crippen LogP contribution in [-0.4, -0.2) is 35.9 Å². The van der Waals surface area contributed by atoms with Crippen molar-refractivity contribution in [1.82, 2.24) is 10.2 Å². The molecule has 0 saturated carbocycles. The summed E-state index contributed by atoms with van der Waals surface area (Å²) < 4.78 is 19.8. The summed E-state index contributed by atoms with van der Waals surface area (Å²) in [5, 5.41) is 2.79. The number of amides is 2. The van der Waals surface area contributed by atoms with E-state index in [0.717, 1.165) is 6.42 Å². The van der Waals surface area contributed by atoms with Crippen molar-refractivity contribution < 1.29 is 18.7 Å². The van der Waals surface area contributed by atoms with E-state index in [-0.39, 0.29) is 25.0 Å². The minimum absolute atomic E-state index is 0.0120. The number of carbonyl (C=O) groups excluding carboxylic acids is 2. The lowest BCUT2D eigenvalue weighted by Gasteiger charge is -2.28. The van der Waals surface area contributed by atoms with Crippen molar-refractivity contribution in [2.24, 2.45) is 0 Å². The molecule has 0 aliphatic rings. The molecule has 0 saturated heterocycles. The van der Waals surface area contributed by atoms with Crippen molar-refractivity contribution >= 4 is 11.8 Å². The van der Waals surface area contributed by atoms with Crippen LogP contribution in [0.4, 0.5) is 4.39 Å². The molecule has 6 heteroatoms. The Hall–Kier alpha value is -2.89. The monoisotopic (exact) mass is 414 g/mol. The molecule has 2 aromatic carbocycles. The van der Waals surface area contributed by atoms with Gasteiger partial charge >= 0.3 is 0 Å². The molecule has 0 aliphatic heterocycles. The number of hydrogen-bond acceptors (Lipinski definition) is 3. The largest absolute Gasteiger partial charge is 0.484 e. The average molecular weight is 415 g/mol. The fraction of sp³-hybridized carbons (Fsp3) is 0.417. The highest BCUT2D eigenvalue weighted by atomic mass is 19.1. The summed E-state index contributed by atoms with van der Waals surface area (Å²) in [6.45, 7) is 8.06. The maximum absolute atomic E-state index is 14.2. The van der Waals surface area contributed by atoms with Crippen LogP contribution in [0.1, 0.15) is 51.2 Å². The summed E-state index contributed by atoms with van der Waals surface area (Å²) in [5.74, 6) is -0.101. The molecule has 5 nitrogen and oxygen atoms in total. The van der Waals surface area contributed by atoms with Gasteiger partial charge in [0.05, 0.1) is 0 Å². The van der Waals surface area contributed by atoms with Crippen molar-refractivity contribution in [2.45, 2.75) is 52.6 Å². The molecule has 1 atom stereocenters. The Balaban J connectivity index is 2.12. The number of nitrogens with one attached hydrogen (secondary N) is 1. The van der Waals surface area contributed by atoms with Crippen LogP contribution >= 0.6 is 0 Å². The zero-order chi connectivity index (χ0) is 22.1. The highest BCUT2D eigenvalue weighted by molar-refractivity contribution is 5.87. The fourth-order valence-corrected chi connectivity index (χ4v) is 2.97. The van der Waals surface area contributed by atoms with E-state index in [1.165, 1.54) is 16.5 Å². The van der Waals surface area contributed by atoms with Gasteiger partial charge in [0, 0.05) is 18.7 Å². The Morgan fingerprint density at radius 3 is 2.33 bits per heavy atom. The second-order valence-electron chi connectivity index (χ2n) is 7.59. The van der Waals surface area contributed by atoms with Gasteiger partial charge in [0.25, 0.3) is 5.91 Å². The molecule has 0 radical (unpaired) electrons. The summed E-state index contributed by atoms with van der Waals surface area (Å²) >= 11 is 0. The van der Waals surface area contributed by atoms with Crippen LogP contribution in [0, 0.1) is 5.82 Å². The minimum Gasteiger partial charge on any atom is -0.484 e. The van der Waals surface area contributed by atoms with Crippen LogP contribution in [0.2, 0.25) is 0 Å². The number of carbonyl (C=O) groups is 2. The van der Waals surface area contributed by atoms with Gasteiger partial charge in [0.2, 0.25) is 5.91 Å². The first-order valence-electron chi connectivity index (χ1n) is 10.4.